The zero-order valence-corrected chi connectivity index (χ0v) is 29.5. The smallest absolute Gasteiger partial charge is 0.101 e. The molecule has 0 unspecified atom stereocenters. The van der Waals surface area contributed by atoms with Gasteiger partial charge in [0.15, 0.2) is 0 Å². The summed E-state index contributed by atoms with van der Waals surface area (Å²) in [5.41, 5.74) is 13.2. The minimum Gasteiger partial charge on any atom is -0.309 e. The predicted octanol–water partition coefficient (Wildman–Crippen LogP) is 13.8. The molecule has 0 saturated carbocycles. The highest BCUT2D eigenvalue weighted by atomic mass is 15.2. The van der Waals surface area contributed by atoms with E-state index >= 15 is 0 Å². The van der Waals surface area contributed by atoms with Gasteiger partial charge in [-0.1, -0.05) is 182 Å². The molecule has 254 valence electrons. The number of hydrogen-bond acceptors (Lipinski definition) is 2. The molecule has 0 atom stereocenters. The lowest BCUT2D eigenvalue weighted by Crippen LogP contribution is -2.11. The SMILES string of the molecule is c1ccc(-c2ccc(N(c3cccc4ccccc34)c3cccc4c3cc(-c3ccccc3)n3nc(-c5ccccc5)c(-c5ccccc5)c43)cc2)cc1. The molecule has 10 rings (SSSR count). The highest BCUT2D eigenvalue weighted by Gasteiger charge is 2.24. The fourth-order valence-corrected chi connectivity index (χ4v) is 7.88. The Morgan fingerprint density at radius 1 is 0.370 bits per heavy atom. The summed E-state index contributed by atoms with van der Waals surface area (Å²) >= 11 is 0. The zero-order valence-electron chi connectivity index (χ0n) is 29.5. The van der Waals surface area contributed by atoms with Crippen LogP contribution in [0.5, 0.6) is 0 Å². The van der Waals surface area contributed by atoms with Crippen molar-refractivity contribution in [3.63, 3.8) is 0 Å². The third-order valence-electron chi connectivity index (χ3n) is 10.4. The second kappa shape index (κ2) is 13.4. The van der Waals surface area contributed by atoms with Crippen molar-refractivity contribution in [2.75, 3.05) is 4.90 Å². The van der Waals surface area contributed by atoms with Crippen LogP contribution in [0.4, 0.5) is 17.1 Å². The molecule has 0 aliphatic heterocycles. The predicted molar refractivity (Wildman–Crippen MR) is 227 cm³/mol. The Labute approximate surface area is 314 Å². The van der Waals surface area contributed by atoms with Gasteiger partial charge in [-0.3, -0.25) is 0 Å². The van der Waals surface area contributed by atoms with Crippen molar-refractivity contribution in [2.45, 2.75) is 0 Å². The van der Waals surface area contributed by atoms with Gasteiger partial charge in [0, 0.05) is 38.5 Å². The molecule has 0 aliphatic rings. The summed E-state index contributed by atoms with van der Waals surface area (Å²) in [7, 11) is 0. The van der Waals surface area contributed by atoms with Gasteiger partial charge in [-0.05, 0) is 52.4 Å². The molecule has 3 nitrogen and oxygen atoms in total. The molecule has 0 radical (unpaired) electrons. The largest absolute Gasteiger partial charge is 0.309 e. The lowest BCUT2D eigenvalue weighted by molar-refractivity contribution is 0.979. The quantitative estimate of drug-likeness (QED) is 0.166. The topological polar surface area (TPSA) is 20.5 Å². The third kappa shape index (κ3) is 5.42. The van der Waals surface area contributed by atoms with E-state index in [-0.39, 0.29) is 0 Å². The van der Waals surface area contributed by atoms with Gasteiger partial charge in [0.2, 0.25) is 0 Å². The maximum atomic E-state index is 5.46. The van der Waals surface area contributed by atoms with Crippen molar-refractivity contribution in [1.82, 2.24) is 9.61 Å². The van der Waals surface area contributed by atoms with E-state index in [1.54, 1.807) is 0 Å². The summed E-state index contributed by atoms with van der Waals surface area (Å²) in [6.45, 7) is 0. The van der Waals surface area contributed by atoms with Crippen LogP contribution in [0.3, 0.4) is 0 Å². The Bertz CT molecular complexity index is 2890. The van der Waals surface area contributed by atoms with Crippen molar-refractivity contribution in [3.05, 3.63) is 212 Å². The second-order valence-electron chi connectivity index (χ2n) is 13.6. The van der Waals surface area contributed by atoms with Crippen LogP contribution in [0.1, 0.15) is 0 Å². The maximum absolute atomic E-state index is 5.46. The van der Waals surface area contributed by atoms with Gasteiger partial charge in [0.1, 0.15) is 5.69 Å². The van der Waals surface area contributed by atoms with E-state index in [1.165, 1.54) is 21.9 Å². The summed E-state index contributed by atoms with van der Waals surface area (Å²) in [6, 6.07) is 75.8. The van der Waals surface area contributed by atoms with Crippen LogP contribution < -0.4 is 4.90 Å². The molecular weight excluding hydrogens is 655 g/mol. The molecule has 10 aromatic rings. The van der Waals surface area contributed by atoms with Gasteiger partial charge in [0.25, 0.3) is 0 Å². The maximum Gasteiger partial charge on any atom is 0.101 e. The van der Waals surface area contributed by atoms with Gasteiger partial charge in [-0.15, -0.1) is 0 Å². The molecule has 2 aromatic heterocycles. The molecule has 0 N–H and O–H groups in total. The standard InChI is InChI=1S/C51H35N3/c1-5-17-36(18-6-1)37-31-33-42(34-32-37)53(46-29-15-26-38-19-13-14-27-43(38)46)47-30-16-28-44-45(47)35-48(39-20-7-2-8-21-39)54-51(44)49(40-22-9-3-10-23-40)50(52-54)41-24-11-4-12-25-41/h1-35H. The van der Waals surface area contributed by atoms with Crippen LogP contribution in [-0.4, -0.2) is 9.61 Å². The molecular formula is C51H35N3. The number of benzene rings is 8. The third-order valence-corrected chi connectivity index (χ3v) is 10.4. The highest BCUT2D eigenvalue weighted by Crippen LogP contribution is 2.46. The molecule has 0 amide bonds. The van der Waals surface area contributed by atoms with Gasteiger partial charge >= 0.3 is 0 Å². The van der Waals surface area contributed by atoms with Crippen molar-refractivity contribution in [3.8, 4) is 44.8 Å². The molecule has 0 aliphatic carbocycles. The van der Waals surface area contributed by atoms with E-state index in [9.17, 15) is 0 Å². The molecule has 3 heteroatoms. The van der Waals surface area contributed by atoms with Crippen LogP contribution in [0.2, 0.25) is 0 Å². The lowest BCUT2D eigenvalue weighted by Gasteiger charge is -2.28. The number of anilines is 3. The van der Waals surface area contributed by atoms with E-state index in [0.717, 1.165) is 67.0 Å². The van der Waals surface area contributed by atoms with Gasteiger partial charge < -0.3 is 4.90 Å². The Morgan fingerprint density at radius 3 is 1.56 bits per heavy atom. The molecule has 8 aromatic carbocycles. The van der Waals surface area contributed by atoms with E-state index in [4.69, 9.17) is 5.10 Å². The number of hydrogen-bond donors (Lipinski definition) is 0. The summed E-state index contributed by atoms with van der Waals surface area (Å²) in [6.07, 6.45) is 0. The Balaban J connectivity index is 1.32. The minimum atomic E-state index is 0.958. The van der Waals surface area contributed by atoms with E-state index < -0.39 is 0 Å². The van der Waals surface area contributed by atoms with Crippen molar-refractivity contribution in [2.24, 2.45) is 0 Å². The average Bonchev–Trinajstić information content (AvgIpc) is 3.66. The Morgan fingerprint density at radius 2 is 0.870 bits per heavy atom. The summed E-state index contributed by atoms with van der Waals surface area (Å²) in [5.74, 6) is 0. The van der Waals surface area contributed by atoms with Gasteiger partial charge in [0.05, 0.1) is 22.6 Å². The fraction of sp³-hybridized carbons (Fsp3) is 0. The first-order valence-corrected chi connectivity index (χ1v) is 18.4. The number of nitrogens with zero attached hydrogens (tertiary/aromatic N) is 3. The Kier molecular flexibility index (Phi) is 7.81. The first-order chi connectivity index (χ1) is 26.8. The summed E-state index contributed by atoms with van der Waals surface area (Å²) < 4.78 is 2.17. The zero-order chi connectivity index (χ0) is 35.8. The van der Waals surface area contributed by atoms with Gasteiger partial charge in [-0.2, -0.15) is 5.10 Å². The van der Waals surface area contributed by atoms with E-state index in [2.05, 4.69) is 222 Å². The molecule has 0 spiro atoms. The van der Waals surface area contributed by atoms with Gasteiger partial charge in [-0.25, -0.2) is 4.52 Å². The minimum absolute atomic E-state index is 0.958. The van der Waals surface area contributed by atoms with Crippen LogP contribution in [0, 0.1) is 0 Å². The number of fused-ring (bicyclic) bond motifs is 4. The Hall–Kier alpha value is -7.23. The molecule has 0 saturated heterocycles. The summed E-state index contributed by atoms with van der Waals surface area (Å²) in [5, 5.41) is 10.1. The molecule has 2 heterocycles. The number of pyridine rings is 1. The lowest BCUT2D eigenvalue weighted by atomic mass is 9.96. The van der Waals surface area contributed by atoms with Crippen LogP contribution in [0.15, 0.2) is 212 Å². The first-order valence-electron chi connectivity index (χ1n) is 18.4. The van der Waals surface area contributed by atoms with Crippen molar-refractivity contribution < 1.29 is 0 Å². The fourth-order valence-electron chi connectivity index (χ4n) is 7.88. The second-order valence-corrected chi connectivity index (χ2v) is 13.6. The van der Waals surface area contributed by atoms with Crippen LogP contribution >= 0.6 is 0 Å². The number of aromatic nitrogens is 2. The van der Waals surface area contributed by atoms with E-state index in [1.807, 2.05) is 0 Å². The average molecular weight is 690 g/mol. The molecule has 0 fully saturated rings. The van der Waals surface area contributed by atoms with Crippen molar-refractivity contribution in [1.29, 1.82) is 0 Å². The first kappa shape index (κ1) is 31.5. The normalized spacial score (nSPS) is 11.3. The molecule has 0 bridgehead atoms. The summed E-state index contributed by atoms with van der Waals surface area (Å²) in [4.78, 5) is 2.43. The van der Waals surface area contributed by atoms with Crippen molar-refractivity contribution >= 4 is 44.1 Å². The molecule has 54 heavy (non-hydrogen) atoms. The monoisotopic (exact) mass is 689 g/mol. The van der Waals surface area contributed by atoms with Crippen LogP contribution in [-0.2, 0) is 0 Å². The number of rotatable bonds is 7. The van der Waals surface area contributed by atoms with E-state index in [0.29, 0.717) is 0 Å². The highest BCUT2D eigenvalue weighted by molar-refractivity contribution is 6.14. The van der Waals surface area contributed by atoms with Crippen LogP contribution in [0.25, 0.3) is 71.8 Å².